The number of carbonyl (C=O) groups excluding carboxylic acids is 1. The second-order valence-corrected chi connectivity index (χ2v) is 9.51. The molecule has 3 N–H and O–H groups in total. The average molecular weight is 445 g/mol. The second-order valence-electron chi connectivity index (χ2n) is 7.51. The molecule has 3 aromatic rings. The molecule has 2 heterocycles. The van der Waals surface area contributed by atoms with Gasteiger partial charge in [0.05, 0.1) is 33.0 Å². The summed E-state index contributed by atoms with van der Waals surface area (Å²) < 4.78 is 0.846. The molecule has 1 aliphatic rings. The van der Waals surface area contributed by atoms with Gasteiger partial charge in [-0.15, -0.1) is 22.7 Å². The van der Waals surface area contributed by atoms with Crippen molar-refractivity contribution in [1.82, 2.24) is 14.9 Å². The number of thiazole rings is 2. The van der Waals surface area contributed by atoms with Gasteiger partial charge in [-0.05, 0) is 50.4 Å². The Morgan fingerprint density at radius 3 is 2.97 bits per heavy atom. The molecule has 158 valence electrons. The SMILES string of the molecule is CCN(C1CCc2ncsc2C1)C(CCC(N)=O)c1nc2ccc(C(=O)O)cc2s1. The molecule has 1 aromatic carbocycles. The van der Waals surface area contributed by atoms with E-state index in [4.69, 9.17) is 10.7 Å². The molecule has 0 fully saturated rings. The van der Waals surface area contributed by atoms with Gasteiger partial charge in [-0.3, -0.25) is 9.69 Å². The first-order valence-corrected chi connectivity index (χ1v) is 11.7. The third-order valence-corrected chi connectivity index (χ3v) is 7.71. The van der Waals surface area contributed by atoms with E-state index in [9.17, 15) is 14.7 Å². The lowest BCUT2D eigenvalue weighted by atomic mass is 9.94. The number of carboxylic acid groups (broad SMARTS) is 1. The maximum absolute atomic E-state index is 11.6. The third kappa shape index (κ3) is 4.23. The molecule has 0 aliphatic heterocycles. The lowest BCUT2D eigenvalue weighted by Crippen LogP contribution is -2.41. The highest BCUT2D eigenvalue weighted by atomic mass is 32.1. The maximum atomic E-state index is 11.6. The molecule has 2 aromatic heterocycles. The van der Waals surface area contributed by atoms with Crippen LogP contribution in [0.25, 0.3) is 10.2 Å². The molecule has 2 atom stereocenters. The van der Waals surface area contributed by atoms with Gasteiger partial charge in [0.15, 0.2) is 0 Å². The first kappa shape index (κ1) is 20.9. The van der Waals surface area contributed by atoms with E-state index >= 15 is 0 Å². The smallest absolute Gasteiger partial charge is 0.335 e. The minimum atomic E-state index is -0.949. The fraction of sp³-hybridized carbons (Fsp3) is 0.429. The van der Waals surface area contributed by atoms with Crippen molar-refractivity contribution in [3.05, 3.63) is 44.9 Å². The Balaban J connectivity index is 1.67. The van der Waals surface area contributed by atoms with Crippen molar-refractivity contribution in [2.24, 2.45) is 5.73 Å². The van der Waals surface area contributed by atoms with Gasteiger partial charge in [0.2, 0.25) is 5.91 Å². The van der Waals surface area contributed by atoms with Crippen molar-refractivity contribution in [2.75, 3.05) is 6.54 Å². The molecule has 7 nitrogen and oxygen atoms in total. The molecule has 0 spiro atoms. The highest BCUT2D eigenvalue weighted by Gasteiger charge is 2.32. The highest BCUT2D eigenvalue weighted by molar-refractivity contribution is 7.18. The summed E-state index contributed by atoms with van der Waals surface area (Å²) in [6.07, 6.45) is 3.82. The highest BCUT2D eigenvalue weighted by Crippen LogP contribution is 2.37. The number of aromatic carboxylic acids is 1. The number of nitrogens with two attached hydrogens (primary N) is 1. The standard InChI is InChI=1S/C21H24N4O3S2/c1-2-25(13-4-6-14-17(10-13)29-11-23-14)16(7-8-19(22)26)20-24-15-5-3-12(21(27)28)9-18(15)30-20/h3,5,9,11,13,16H,2,4,6-8,10H2,1H3,(H2,22,26)(H,27,28). The van der Waals surface area contributed by atoms with Crippen LogP contribution in [-0.2, 0) is 17.6 Å². The predicted molar refractivity (Wildman–Crippen MR) is 118 cm³/mol. The summed E-state index contributed by atoms with van der Waals surface area (Å²) in [7, 11) is 0. The molecular formula is C21H24N4O3S2. The summed E-state index contributed by atoms with van der Waals surface area (Å²) in [5.74, 6) is -1.27. The van der Waals surface area contributed by atoms with Crippen molar-refractivity contribution >= 4 is 44.8 Å². The Bertz CT molecular complexity index is 1080. The van der Waals surface area contributed by atoms with Crippen LogP contribution < -0.4 is 5.73 Å². The minimum absolute atomic E-state index is 0.0346. The zero-order chi connectivity index (χ0) is 21.3. The Morgan fingerprint density at radius 1 is 1.40 bits per heavy atom. The van der Waals surface area contributed by atoms with Crippen molar-refractivity contribution in [2.45, 2.75) is 51.1 Å². The number of carboxylic acids is 1. The quantitative estimate of drug-likeness (QED) is 0.549. The van der Waals surface area contributed by atoms with Gasteiger partial charge in [0.1, 0.15) is 5.01 Å². The average Bonchev–Trinajstić information content (AvgIpc) is 3.36. The monoisotopic (exact) mass is 444 g/mol. The molecule has 30 heavy (non-hydrogen) atoms. The number of aryl methyl sites for hydroxylation is 1. The summed E-state index contributed by atoms with van der Waals surface area (Å²) in [4.78, 5) is 35.9. The lowest BCUT2D eigenvalue weighted by Gasteiger charge is -2.38. The molecule has 0 saturated carbocycles. The van der Waals surface area contributed by atoms with Crippen molar-refractivity contribution < 1.29 is 14.7 Å². The number of hydrogen-bond acceptors (Lipinski definition) is 7. The van der Waals surface area contributed by atoms with Gasteiger partial charge < -0.3 is 10.8 Å². The van der Waals surface area contributed by atoms with Crippen LogP contribution in [0, 0.1) is 0 Å². The zero-order valence-electron chi connectivity index (χ0n) is 16.7. The first-order chi connectivity index (χ1) is 14.5. The molecule has 0 bridgehead atoms. The van der Waals surface area contributed by atoms with Crippen LogP contribution in [0.5, 0.6) is 0 Å². The van der Waals surface area contributed by atoms with Crippen molar-refractivity contribution in [3.8, 4) is 0 Å². The molecule has 0 radical (unpaired) electrons. The van der Waals surface area contributed by atoms with E-state index in [1.54, 1.807) is 29.5 Å². The molecule has 1 amide bonds. The van der Waals surface area contributed by atoms with Crippen LogP contribution >= 0.6 is 22.7 Å². The van der Waals surface area contributed by atoms with Crippen molar-refractivity contribution in [1.29, 1.82) is 0 Å². The van der Waals surface area contributed by atoms with E-state index < -0.39 is 5.97 Å². The maximum Gasteiger partial charge on any atom is 0.335 e. The summed E-state index contributed by atoms with van der Waals surface area (Å²) in [6, 6.07) is 5.32. The largest absolute Gasteiger partial charge is 0.478 e. The fourth-order valence-corrected chi connectivity index (χ4v) is 6.28. The number of benzene rings is 1. The molecule has 9 heteroatoms. The number of likely N-dealkylation sites (N-methyl/N-ethyl adjacent to an activating group) is 1. The summed E-state index contributed by atoms with van der Waals surface area (Å²) in [6.45, 7) is 2.97. The van der Waals surface area contributed by atoms with Gasteiger partial charge in [-0.2, -0.15) is 0 Å². The van der Waals surface area contributed by atoms with Crippen LogP contribution in [-0.4, -0.2) is 44.4 Å². The van der Waals surface area contributed by atoms with Gasteiger partial charge >= 0.3 is 5.97 Å². The Morgan fingerprint density at radius 2 is 2.23 bits per heavy atom. The van der Waals surface area contributed by atoms with E-state index in [2.05, 4.69) is 16.8 Å². The van der Waals surface area contributed by atoms with Gasteiger partial charge in [0.25, 0.3) is 0 Å². The molecule has 0 saturated heterocycles. The van der Waals surface area contributed by atoms with Gasteiger partial charge in [0, 0.05) is 17.3 Å². The van der Waals surface area contributed by atoms with E-state index in [1.807, 2.05) is 5.51 Å². The van der Waals surface area contributed by atoms with Crippen LogP contribution in [0.2, 0.25) is 0 Å². The number of amides is 1. The molecular weight excluding hydrogens is 420 g/mol. The summed E-state index contributed by atoms with van der Waals surface area (Å²) >= 11 is 3.22. The third-order valence-electron chi connectivity index (χ3n) is 5.70. The molecule has 1 aliphatic carbocycles. The minimum Gasteiger partial charge on any atom is -0.478 e. The fourth-order valence-electron chi connectivity index (χ4n) is 4.23. The zero-order valence-corrected chi connectivity index (χ0v) is 18.3. The van der Waals surface area contributed by atoms with Gasteiger partial charge in [-0.1, -0.05) is 6.92 Å². The van der Waals surface area contributed by atoms with Crippen molar-refractivity contribution in [3.63, 3.8) is 0 Å². The Hall–Kier alpha value is -2.36. The number of primary amides is 1. The van der Waals surface area contributed by atoms with E-state index in [0.29, 0.717) is 12.5 Å². The topological polar surface area (TPSA) is 109 Å². The summed E-state index contributed by atoms with van der Waals surface area (Å²) in [5, 5.41) is 10.2. The van der Waals surface area contributed by atoms with Crippen LogP contribution in [0.4, 0.5) is 0 Å². The van der Waals surface area contributed by atoms with E-state index in [0.717, 1.165) is 41.0 Å². The number of hydrogen-bond donors (Lipinski definition) is 2. The second kappa shape index (κ2) is 8.79. The number of nitrogens with zero attached hydrogens (tertiary/aromatic N) is 3. The normalized spacial score (nSPS) is 17.2. The van der Waals surface area contributed by atoms with E-state index in [-0.39, 0.29) is 23.9 Å². The number of aromatic nitrogens is 2. The lowest BCUT2D eigenvalue weighted by molar-refractivity contribution is -0.118. The number of carbonyl (C=O) groups is 2. The summed E-state index contributed by atoms with van der Waals surface area (Å²) in [5.41, 5.74) is 9.64. The predicted octanol–water partition coefficient (Wildman–Crippen LogP) is 3.64. The van der Waals surface area contributed by atoms with Crippen LogP contribution in [0.3, 0.4) is 0 Å². The number of fused-ring (bicyclic) bond motifs is 2. The molecule has 2 unspecified atom stereocenters. The van der Waals surface area contributed by atoms with E-state index in [1.165, 1.54) is 21.9 Å². The van der Waals surface area contributed by atoms with Crippen LogP contribution in [0.15, 0.2) is 23.7 Å². The first-order valence-electron chi connectivity index (χ1n) is 10.0. The molecule has 4 rings (SSSR count). The Kier molecular flexibility index (Phi) is 6.12. The Labute approximate surface area is 182 Å². The van der Waals surface area contributed by atoms with Gasteiger partial charge in [-0.25, -0.2) is 14.8 Å². The number of rotatable bonds is 8. The van der Waals surface area contributed by atoms with Crippen LogP contribution in [0.1, 0.15) is 58.2 Å².